The van der Waals surface area contributed by atoms with Crippen molar-refractivity contribution in [3.63, 3.8) is 0 Å². The maximum absolute atomic E-state index is 13.6. The third kappa shape index (κ3) is 4.32. The number of halogens is 1. The summed E-state index contributed by atoms with van der Waals surface area (Å²) in [6.07, 6.45) is 2.82. The predicted octanol–water partition coefficient (Wildman–Crippen LogP) is 3.49. The second kappa shape index (κ2) is 8.06. The molecule has 0 spiro atoms. The molecule has 26 heavy (non-hydrogen) atoms. The van der Waals surface area contributed by atoms with Gasteiger partial charge in [-0.2, -0.15) is 0 Å². The average molecular weight is 352 g/mol. The Kier molecular flexibility index (Phi) is 5.38. The lowest BCUT2D eigenvalue weighted by Gasteiger charge is -2.08. The number of nitrogens with one attached hydrogen (secondary N) is 2. The topological polar surface area (TPSA) is 76.1 Å². The van der Waals surface area contributed by atoms with E-state index < -0.39 is 0 Å². The van der Waals surface area contributed by atoms with E-state index in [2.05, 4.69) is 20.6 Å². The fourth-order valence-electron chi connectivity index (χ4n) is 2.23. The summed E-state index contributed by atoms with van der Waals surface area (Å²) >= 11 is 0. The first-order valence-corrected chi connectivity index (χ1v) is 7.90. The summed E-state index contributed by atoms with van der Waals surface area (Å²) in [5.41, 5.74) is 1.47. The van der Waals surface area contributed by atoms with E-state index in [-0.39, 0.29) is 18.3 Å². The molecule has 3 rings (SSSR count). The summed E-state index contributed by atoms with van der Waals surface area (Å²) in [6, 6.07) is 13.4. The fraction of sp³-hybridized carbons (Fsp3) is 0.105. The number of amides is 1. The van der Waals surface area contributed by atoms with E-state index in [1.54, 1.807) is 49.6 Å². The number of benzene rings is 2. The van der Waals surface area contributed by atoms with Crippen LogP contribution in [0.1, 0.15) is 15.9 Å². The first-order chi connectivity index (χ1) is 12.7. The van der Waals surface area contributed by atoms with E-state index in [0.717, 1.165) is 0 Å². The molecule has 0 fully saturated rings. The van der Waals surface area contributed by atoms with Crippen LogP contribution in [0.2, 0.25) is 0 Å². The van der Waals surface area contributed by atoms with Gasteiger partial charge in [0, 0.05) is 30.2 Å². The zero-order valence-corrected chi connectivity index (χ0v) is 14.1. The smallest absolute Gasteiger partial charge is 0.258 e. The van der Waals surface area contributed by atoms with Gasteiger partial charge in [-0.25, -0.2) is 14.4 Å². The van der Waals surface area contributed by atoms with Crippen molar-refractivity contribution in [3.8, 4) is 5.75 Å². The monoisotopic (exact) mass is 352 g/mol. The van der Waals surface area contributed by atoms with Crippen molar-refractivity contribution in [3.05, 3.63) is 77.9 Å². The van der Waals surface area contributed by atoms with Gasteiger partial charge in [0.2, 0.25) is 5.95 Å². The summed E-state index contributed by atoms with van der Waals surface area (Å²) in [6.45, 7) is 0.254. The summed E-state index contributed by atoms with van der Waals surface area (Å²) in [7, 11) is 1.58. The minimum Gasteiger partial charge on any atom is -0.497 e. The molecule has 2 aromatic carbocycles. The molecule has 3 aromatic rings. The molecule has 0 atom stereocenters. The Bertz CT molecular complexity index is 883. The Labute approximate surface area is 150 Å². The Balaban J connectivity index is 1.59. The standard InChI is InChI=1S/C19H17FN4O2/c1-26-16-8-6-15(7-9-16)24-18(25)14-11-22-19(23-12-14)21-10-13-4-2-3-5-17(13)20/h2-9,11-12H,10H2,1H3,(H,24,25)(H,21,22,23). The van der Waals surface area contributed by atoms with Crippen LogP contribution in [0, 0.1) is 5.82 Å². The van der Waals surface area contributed by atoms with Gasteiger partial charge in [-0.05, 0) is 30.3 Å². The SMILES string of the molecule is COc1ccc(NC(=O)c2cnc(NCc3ccccc3F)nc2)cc1. The molecule has 0 saturated carbocycles. The molecule has 6 nitrogen and oxygen atoms in total. The molecule has 132 valence electrons. The molecule has 0 aliphatic rings. The number of hydrogen-bond acceptors (Lipinski definition) is 5. The van der Waals surface area contributed by atoms with Gasteiger partial charge in [-0.3, -0.25) is 4.79 Å². The van der Waals surface area contributed by atoms with Crippen LogP contribution in [0.5, 0.6) is 5.75 Å². The van der Waals surface area contributed by atoms with Crippen LogP contribution in [-0.2, 0) is 6.54 Å². The van der Waals surface area contributed by atoms with Crippen LogP contribution in [0.3, 0.4) is 0 Å². The lowest BCUT2D eigenvalue weighted by molar-refractivity contribution is 0.102. The van der Waals surface area contributed by atoms with E-state index in [0.29, 0.717) is 28.5 Å². The molecular formula is C19H17FN4O2. The molecule has 1 amide bonds. The molecule has 0 unspecified atom stereocenters. The zero-order chi connectivity index (χ0) is 18.4. The minimum atomic E-state index is -0.323. The van der Waals surface area contributed by atoms with Crippen molar-refractivity contribution in [2.45, 2.75) is 6.54 Å². The zero-order valence-electron chi connectivity index (χ0n) is 14.1. The van der Waals surface area contributed by atoms with Gasteiger partial charge in [0.25, 0.3) is 5.91 Å². The number of methoxy groups -OCH3 is 1. The molecule has 7 heteroatoms. The van der Waals surface area contributed by atoms with Crippen molar-refractivity contribution < 1.29 is 13.9 Å². The third-order valence-electron chi connectivity index (χ3n) is 3.66. The number of aromatic nitrogens is 2. The number of nitrogens with zero attached hydrogens (tertiary/aromatic N) is 2. The van der Waals surface area contributed by atoms with Crippen molar-refractivity contribution in [1.82, 2.24) is 9.97 Å². The molecule has 2 N–H and O–H groups in total. The van der Waals surface area contributed by atoms with Crippen molar-refractivity contribution in [1.29, 1.82) is 0 Å². The van der Waals surface area contributed by atoms with Crippen LogP contribution < -0.4 is 15.4 Å². The van der Waals surface area contributed by atoms with E-state index in [1.165, 1.54) is 18.5 Å². The summed E-state index contributed by atoms with van der Waals surface area (Å²) in [5, 5.41) is 5.67. The fourth-order valence-corrected chi connectivity index (χ4v) is 2.23. The molecule has 0 aliphatic heterocycles. The Morgan fingerprint density at radius 2 is 1.77 bits per heavy atom. The van der Waals surface area contributed by atoms with Gasteiger partial charge < -0.3 is 15.4 Å². The highest BCUT2D eigenvalue weighted by Crippen LogP contribution is 2.16. The lowest BCUT2D eigenvalue weighted by atomic mass is 10.2. The van der Waals surface area contributed by atoms with Gasteiger partial charge in [-0.1, -0.05) is 18.2 Å². The minimum absolute atomic E-state index is 0.254. The number of hydrogen-bond donors (Lipinski definition) is 2. The molecule has 0 saturated heterocycles. The average Bonchev–Trinajstić information content (AvgIpc) is 2.68. The summed E-state index contributed by atoms with van der Waals surface area (Å²) in [4.78, 5) is 20.4. The van der Waals surface area contributed by atoms with E-state index in [9.17, 15) is 9.18 Å². The number of carbonyl (C=O) groups excluding carboxylic acids is 1. The number of anilines is 2. The normalized spacial score (nSPS) is 10.2. The van der Waals surface area contributed by atoms with E-state index >= 15 is 0 Å². The molecule has 1 heterocycles. The first kappa shape index (κ1) is 17.3. The lowest BCUT2D eigenvalue weighted by Crippen LogP contribution is -2.13. The quantitative estimate of drug-likeness (QED) is 0.710. The molecular weight excluding hydrogens is 335 g/mol. The number of rotatable bonds is 6. The largest absolute Gasteiger partial charge is 0.497 e. The second-order valence-corrected chi connectivity index (χ2v) is 5.42. The van der Waals surface area contributed by atoms with Gasteiger partial charge in [0.1, 0.15) is 11.6 Å². The second-order valence-electron chi connectivity index (χ2n) is 5.42. The molecule has 0 aliphatic carbocycles. The Hall–Kier alpha value is -3.48. The van der Waals surface area contributed by atoms with Gasteiger partial charge in [0.15, 0.2) is 0 Å². The summed E-state index contributed by atoms with van der Waals surface area (Å²) < 4.78 is 18.6. The van der Waals surface area contributed by atoms with E-state index in [4.69, 9.17) is 4.74 Å². The van der Waals surface area contributed by atoms with Crippen LogP contribution in [0.4, 0.5) is 16.0 Å². The van der Waals surface area contributed by atoms with Gasteiger partial charge in [-0.15, -0.1) is 0 Å². The highest BCUT2D eigenvalue weighted by molar-refractivity contribution is 6.03. The summed E-state index contributed by atoms with van der Waals surface area (Å²) in [5.74, 6) is 0.400. The molecule has 0 bridgehead atoms. The van der Waals surface area contributed by atoms with Crippen molar-refractivity contribution in [2.75, 3.05) is 17.7 Å². The highest BCUT2D eigenvalue weighted by Gasteiger charge is 2.08. The maximum atomic E-state index is 13.6. The van der Waals surface area contributed by atoms with Crippen LogP contribution in [0.25, 0.3) is 0 Å². The van der Waals surface area contributed by atoms with Crippen LogP contribution >= 0.6 is 0 Å². The van der Waals surface area contributed by atoms with Crippen LogP contribution in [-0.4, -0.2) is 23.0 Å². The molecule has 1 aromatic heterocycles. The Morgan fingerprint density at radius 3 is 2.42 bits per heavy atom. The number of ether oxygens (including phenoxy) is 1. The number of carbonyl (C=O) groups is 1. The third-order valence-corrected chi connectivity index (χ3v) is 3.66. The van der Waals surface area contributed by atoms with Crippen molar-refractivity contribution in [2.24, 2.45) is 0 Å². The van der Waals surface area contributed by atoms with Crippen molar-refractivity contribution >= 4 is 17.5 Å². The van der Waals surface area contributed by atoms with Gasteiger partial charge >= 0.3 is 0 Å². The van der Waals surface area contributed by atoms with Gasteiger partial charge in [0.05, 0.1) is 12.7 Å². The maximum Gasteiger partial charge on any atom is 0.258 e. The van der Waals surface area contributed by atoms with Crippen LogP contribution in [0.15, 0.2) is 60.9 Å². The van der Waals surface area contributed by atoms with E-state index in [1.807, 2.05) is 0 Å². The predicted molar refractivity (Wildman–Crippen MR) is 96.7 cm³/mol. The Morgan fingerprint density at radius 1 is 1.08 bits per heavy atom. The molecule has 0 radical (unpaired) electrons. The first-order valence-electron chi connectivity index (χ1n) is 7.90. The highest BCUT2D eigenvalue weighted by atomic mass is 19.1.